The predicted molar refractivity (Wildman–Crippen MR) is 150 cm³/mol. The maximum atomic E-state index is 13.4. The van der Waals surface area contributed by atoms with Crippen LogP contribution in [0.5, 0.6) is 0 Å². The maximum Gasteiger partial charge on any atom is 0.214 e. The molecule has 0 saturated carbocycles. The molecule has 194 valence electrons. The Labute approximate surface area is 223 Å². The topological polar surface area (TPSA) is 131 Å². The molecule has 0 spiro atoms. The van der Waals surface area contributed by atoms with E-state index in [0.717, 1.165) is 76.7 Å². The van der Waals surface area contributed by atoms with Crippen molar-refractivity contribution in [2.24, 2.45) is 0 Å². The number of carbonyl (C=O) groups is 1. The normalized spacial score (nSPS) is 13.9. The predicted octanol–water partition coefficient (Wildman–Crippen LogP) is 4.25. The lowest BCUT2D eigenvalue weighted by molar-refractivity contribution is 0.103. The quantitative estimate of drug-likeness (QED) is 0.291. The first-order valence-electron chi connectivity index (χ1n) is 12.8. The van der Waals surface area contributed by atoms with E-state index in [9.17, 15) is 4.79 Å². The van der Waals surface area contributed by atoms with Crippen molar-refractivity contribution < 1.29 is 9.53 Å². The van der Waals surface area contributed by atoms with Crippen molar-refractivity contribution in [1.29, 1.82) is 0 Å². The van der Waals surface area contributed by atoms with Gasteiger partial charge in [0.1, 0.15) is 17.5 Å². The molecule has 2 aromatic carbocycles. The number of anilines is 2. The van der Waals surface area contributed by atoms with Gasteiger partial charge in [0.2, 0.25) is 5.78 Å². The Morgan fingerprint density at radius 3 is 2.59 bits per heavy atom. The highest BCUT2D eigenvalue weighted by Crippen LogP contribution is 2.28. The van der Waals surface area contributed by atoms with Crippen molar-refractivity contribution in [2.45, 2.75) is 6.92 Å². The fraction of sp³-hybridized carbons (Fsp3) is 0.172. The second-order valence-corrected chi connectivity index (χ2v) is 9.70. The number of aryl methyl sites for hydroxylation is 1. The van der Waals surface area contributed by atoms with E-state index in [1.807, 2.05) is 55.6 Å². The van der Waals surface area contributed by atoms with Gasteiger partial charge in [-0.1, -0.05) is 6.07 Å². The van der Waals surface area contributed by atoms with Crippen molar-refractivity contribution in [1.82, 2.24) is 29.7 Å². The Bertz CT molecular complexity index is 1840. The molecule has 10 nitrogen and oxygen atoms in total. The van der Waals surface area contributed by atoms with Crippen molar-refractivity contribution in [3.63, 3.8) is 0 Å². The summed E-state index contributed by atoms with van der Waals surface area (Å²) in [5, 5.41) is 5.33. The van der Waals surface area contributed by atoms with Gasteiger partial charge in [0.15, 0.2) is 0 Å². The molecule has 1 saturated heterocycles. The number of hydrogen-bond donors (Lipinski definition) is 3. The Balaban J connectivity index is 1.15. The molecule has 0 bridgehead atoms. The van der Waals surface area contributed by atoms with Gasteiger partial charge in [-0.05, 0) is 61.0 Å². The van der Waals surface area contributed by atoms with Crippen molar-refractivity contribution in [3.8, 4) is 16.8 Å². The van der Waals surface area contributed by atoms with E-state index in [-0.39, 0.29) is 11.6 Å². The highest BCUT2D eigenvalue weighted by molar-refractivity contribution is 6.12. The number of imidazole rings is 1. The van der Waals surface area contributed by atoms with E-state index in [0.29, 0.717) is 11.3 Å². The third-order valence-corrected chi connectivity index (χ3v) is 7.16. The lowest BCUT2D eigenvalue weighted by atomic mass is 10.1. The molecular formula is C29H26N8O2. The van der Waals surface area contributed by atoms with E-state index < -0.39 is 0 Å². The number of nitrogen functional groups attached to an aromatic ring is 1. The van der Waals surface area contributed by atoms with Crippen LogP contribution in [0.15, 0.2) is 67.0 Å². The maximum absolute atomic E-state index is 13.4. The summed E-state index contributed by atoms with van der Waals surface area (Å²) >= 11 is 0. The number of ketones is 1. The molecule has 0 radical (unpaired) electrons. The molecule has 39 heavy (non-hydrogen) atoms. The molecule has 10 heteroatoms. The van der Waals surface area contributed by atoms with Crippen molar-refractivity contribution in [3.05, 3.63) is 84.1 Å². The zero-order valence-corrected chi connectivity index (χ0v) is 21.3. The van der Waals surface area contributed by atoms with Gasteiger partial charge < -0.3 is 25.3 Å². The third-order valence-electron chi connectivity index (χ3n) is 7.16. The number of aromatic amines is 2. The minimum absolute atomic E-state index is 0.218. The zero-order valence-electron chi connectivity index (χ0n) is 21.3. The van der Waals surface area contributed by atoms with Gasteiger partial charge in [-0.15, -0.1) is 0 Å². The standard InChI is InChI=1S/C29H26N8O2/c1-17-33-24-6-4-21(14-25(24)34-17)37-29(30)22(16-32-37)28(38)26-13-20-12-18(2-5-23(20)35-26)19-3-7-27(31-15-19)36-8-10-39-11-9-36/h2-7,12-16,35H,8-11,30H2,1H3,(H,33,34). The summed E-state index contributed by atoms with van der Waals surface area (Å²) in [6, 6.07) is 17.7. The minimum Gasteiger partial charge on any atom is -0.383 e. The summed E-state index contributed by atoms with van der Waals surface area (Å²) in [6.07, 6.45) is 3.40. The number of nitrogens with zero attached hydrogens (tertiary/aromatic N) is 5. The van der Waals surface area contributed by atoms with Crippen LogP contribution in [-0.4, -0.2) is 61.8 Å². The number of morpholine rings is 1. The first-order chi connectivity index (χ1) is 19.0. The molecule has 4 N–H and O–H groups in total. The number of H-pyrrole nitrogens is 2. The number of nitrogens with one attached hydrogen (secondary N) is 2. The van der Waals surface area contributed by atoms with E-state index in [1.165, 1.54) is 6.20 Å². The molecule has 5 heterocycles. The Morgan fingerprint density at radius 1 is 0.949 bits per heavy atom. The number of aromatic nitrogens is 6. The lowest BCUT2D eigenvalue weighted by Gasteiger charge is -2.27. The second kappa shape index (κ2) is 9.10. The van der Waals surface area contributed by atoms with Crippen LogP contribution in [0.25, 0.3) is 38.8 Å². The molecule has 1 aliphatic heterocycles. The van der Waals surface area contributed by atoms with Crippen LogP contribution in [0, 0.1) is 6.92 Å². The van der Waals surface area contributed by atoms with Crippen LogP contribution < -0.4 is 10.6 Å². The van der Waals surface area contributed by atoms with E-state index in [2.05, 4.69) is 42.1 Å². The van der Waals surface area contributed by atoms with Gasteiger partial charge in [0.25, 0.3) is 0 Å². The molecule has 4 aromatic heterocycles. The van der Waals surface area contributed by atoms with Gasteiger partial charge in [-0.25, -0.2) is 14.6 Å². The van der Waals surface area contributed by atoms with Gasteiger partial charge in [-0.2, -0.15) is 5.10 Å². The first-order valence-corrected chi connectivity index (χ1v) is 12.8. The molecule has 1 aliphatic rings. The SMILES string of the molecule is Cc1nc2cc(-n3ncc(C(=O)c4cc5cc(-c6ccc(N7CCOCC7)nc6)ccc5[nH]4)c3N)ccc2[nH]1. The van der Waals surface area contributed by atoms with E-state index in [4.69, 9.17) is 10.5 Å². The second-order valence-electron chi connectivity index (χ2n) is 9.70. The third kappa shape index (κ3) is 4.11. The van der Waals surface area contributed by atoms with Crippen LogP contribution in [-0.2, 0) is 4.74 Å². The number of nitrogens with two attached hydrogens (primary N) is 1. The molecule has 6 aromatic rings. The van der Waals surface area contributed by atoms with Gasteiger partial charge in [0, 0.05) is 35.8 Å². The average Bonchev–Trinajstić information content (AvgIpc) is 3.68. The van der Waals surface area contributed by atoms with Crippen LogP contribution in [0.4, 0.5) is 11.6 Å². The van der Waals surface area contributed by atoms with Gasteiger partial charge in [-0.3, -0.25) is 4.79 Å². The minimum atomic E-state index is -0.218. The van der Waals surface area contributed by atoms with Crippen LogP contribution in [0.3, 0.4) is 0 Å². The summed E-state index contributed by atoms with van der Waals surface area (Å²) in [5.41, 5.74) is 12.6. The molecule has 0 atom stereocenters. The molecule has 7 rings (SSSR count). The number of rotatable bonds is 5. The van der Waals surface area contributed by atoms with Crippen molar-refractivity contribution in [2.75, 3.05) is 36.9 Å². The summed E-state index contributed by atoms with van der Waals surface area (Å²) in [6.45, 7) is 5.05. The van der Waals surface area contributed by atoms with Crippen LogP contribution >= 0.6 is 0 Å². The highest BCUT2D eigenvalue weighted by Gasteiger charge is 2.20. The van der Waals surface area contributed by atoms with Crippen molar-refractivity contribution >= 4 is 39.4 Å². The number of hydrogen-bond acceptors (Lipinski definition) is 7. The van der Waals surface area contributed by atoms with Gasteiger partial charge in [0.05, 0.1) is 47.4 Å². The van der Waals surface area contributed by atoms with Crippen LogP contribution in [0.2, 0.25) is 0 Å². The molecular weight excluding hydrogens is 492 g/mol. The van der Waals surface area contributed by atoms with Crippen LogP contribution in [0.1, 0.15) is 21.9 Å². The fourth-order valence-corrected chi connectivity index (χ4v) is 5.11. The number of ether oxygens (including phenoxy) is 1. The zero-order chi connectivity index (χ0) is 26.5. The summed E-state index contributed by atoms with van der Waals surface area (Å²) < 4.78 is 6.99. The summed E-state index contributed by atoms with van der Waals surface area (Å²) in [7, 11) is 0. The molecule has 0 aliphatic carbocycles. The monoisotopic (exact) mass is 518 g/mol. The summed E-state index contributed by atoms with van der Waals surface area (Å²) in [4.78, 5) is 31.2. The first kappa shape index (κ1) is 23.2. The molecule has 1 fully saturated rings. The Morgan fingerprint density at radius 2 is 1.77 bits per heavy atom. The lowest BCUT2D eigenvalue weighted by Crippen LogP contribution is -2.36. The highest BCUT2D eigenvalue weighted by atomic mass is 16.5. The Hall–Kier alpha value is -4.96. The average molecular weight is 519 g/mol. The molecule has 0 amide bonds. The number of benzene rings is 2. The summed E-state index contributed by atoms with van der Waals surface area (Å²) in [5.74, 6) is 1.84. The smallest absolute Gasteiger partial charge is 0.214 e. The van der Waals surface area contributed by atoms with E-state index >= 15 is 0 Å². The largest absolute Gasteiger partial charge is 0.383 e. The van der Waals surface area contributed by atoms with E-state index in [1.54, 1.807) is 4.68 Å². The number of carbonyl (C=O) groups excluding carboxylic acids is 1. The molecule has 0 unspecified atom stereocenters. The fourth-order valence-electron chi connectivity index (χ4n) is 5.11. The van der Waals surface area contributed by atoms with Gasteiger partial charge >= 0.3 is 0 Å². The number of fused-ring (bicyclic) bond motifs is 2. The number of pyridine rings is 1. The Kier molecular flexibility index (Phi) is 5.41.